The van der Waals surface area contributed by atoms with Crippen LogP contribution in [0.3, 0.4) is 0 Å². The average molecular weight is 507 g/mol. The summed E-state index contributed by atoms with van der Waals surface area (Å²) in [6.45, 7) is 5.06. The van der Waals surface area contributed by atoms with Gasteiger partial charge in [0, 0.05) is 38.2 Å². The Morgan fingerprint density at radius 2 is 1.88 bits per heavy atom. The van der Waals surface area contributed by atoms with Crippen molar-refractivity contribution in [2.75, 3.05) is 39.7 Å². The highest BCUT2D eigenvalue weighted by Gasteiger charge is 2.27. The van der Waals surface area contributed by atoms with E-state index in [1.165, 1.54) is 10.6 Å². The molecule has 1 aliphatic rings. The number of ether oxygens (including phenoxy) is 3. The van der Waals surface area contributed by atoms with Crippen LogP contribution in [-0.2, 0) is 25.1 Å². The SMILES string of the molecule is COC(C)(C)c1ccc(-c2cc3nccnc3c(OC[C@@H]3CN(S(C)(=O)=O)CCO3)n2)cc1.S. The van der Waals surface area contributed by atoms with Gasteiger partial charge >= 0.3 is 0 Å². The number of morpholine rings is 1. The van der Waals surface area contributed by atoms with Crippen LogP contribution in [-0.4, -0.2) is 73.4 Å². The molecule has 3 aromatic rings. The standard InChI is InChI=1S/C23H28N4O5S.H2S/c1-23(2,30-3)17-7-5-16(6-8-17)19-13-20-21(25-10-9-24-20)22(26-19)32-15-18-14-27(11-12-31-18)33(4,28)29;/h5-10,13,18H,11-12,14-15H2,1-4H3;1H2/t18-;/m0./s1. The van der Waals surface area contributed by atoms with Gasteiger partial charge in [-0.3, -0.25) is 4.98 Å². The lowest BCUT2D eigenvalue weighted by Crippen LogP contribution is -2.47. The van der Waals surface area contributed by atoms with E-state index >= 15 is 0 Å². The van der Waals surface area contributed by atoms with E-state index in [9.17, 15) is 8.42 Å². The Morgan fingerprint density at radius 3 is 2.56 bits per heavy atom. The van der Waals surface area contributed by atoms with E-state index in [-0.39, 0.29) is 26.6 Å². The van der Waals surface area contributed by atoms with Gasteiger partial charge in [0.2, 0.25) is 15.9 Å². The monoisotopic (exact) mass is 506 g/mol. The Morgan fingerprint density at radius 1 is 1.18 bits per heavy atom. The van der Waals surface area contributed by atoms with E-state index in [0.717, 1.165) is 11.1 Å². The summed E-state index contributed by atoms with van der Waals surface area (Å²) in [4.78, 5) is 13.5. The second-order valence-electron chi connectivity index (χ2n) is 8.45. The van der Waals surface area contributed by atoms with Gasteiger partial charge in [-0.25, -0.2) is 18.4 Å². The van der Waals surface area contributed by atoms with Gasteiger partial charge in [-0.15, -0.1) is 0 Å². The Labute approximate surface area is 207 Å². The molecule has 1 atom stereocenters. The number of aromatic nitrogens is 3. The van der Waals surface area contributed by atoms with E-state index in [2.05, 4.69) is 9.97 Å². The molecule has 0 amide bonds. The number of nitrogens with zero attached hydrogens (tertiary/aromatic N) is 4. The third kappa shape index (κ3) is 5.84. The molecule has 184 valence electrons. The van der Waals surface area contributed by atoms with Gasteiger partial charge in [0.25, 0.3) is 0 Å². The third-order valence-electron chi connectivity index (χ3n) is 5.79. The van der Waals surface area contributed by atoms with Crippen molar-refractivity contribution in [3.63, 3.8) is 0 Å². The number of hydrogen-bond acceptors (Lipinski definition) is 8. The van der Waals surface area contributed by atoms with E-state index < -0.39 is 21.7 Å². The predicted octanol–water partition coefficient (Wildman–Crippen LogP) is 2.73. The molecule has 11 heteroatoms. The number of pyridine rings is 1. The molecule has 0 saturated carbocycles. The molecule has 4 rings (SSSR count). The van der Waals surface area contributed by atoms with Gasteiger partial charge in [-0.1, -0.05) is 24.3 Å². The van der Waals surface area contributed by atoms with E-state index in [4.69, 9.17) is 19.2 Å². The minimum Gasteiger partial charge on any atom is -0.473 e. The second kappa shape index (κ2) is 10.5. The summed E-state index contributed by atoms with van der Waals surface area (Å²) in [5, 5.41) is 0. The molecular weight excluding hydrogens is 476 g/mol. The van der Waals surface area contributed by atoms with Crippen molar-refractivity contribution in [1.29, 1.82) is 0 Å². The molecule has 0 radical (unpaired) electrons. The molecule has 0 aliphatic carbocycles. The van der Waals surface area contributed by atoms with Crippen LogP contribution in [0.1, 0.15) is 19.4 Å². The molecule has 0 spiro atoms. The van der Waals surface area contributed by atoms with Crippen LogP contribution < -0.4 is 4.74 Å². The molecule has 34 heavy (non-hydrogen) atoms. The van der Waals surface area contributed by atoms with Gasteiger partial charge in [-0.05, 0) is 25.5 Å². The van der Waals surface area contributed by atoms with Gasteiger partial charge in [0.15, 0.2) is 5.52 Å². The van der Waals surface area contributed by atoms with Crippen molar-refractivity contribution in [3.8, 4) is 17.1 Å². The summed E-state index contributed by atoms with van der Waals surface area (Å²) >= 11 is 0. The highest BCUT2D eigenvalue weighted by molar-refractivity contribution is 7.88. The number of hydrogen-bond donors (Lipinski definition) is 0. The number of benzene rings is 1. The maximum Gasteiger partial charge on any atom is 0.242 e. The highest BCUT2D eigenvalue weighted by atomic mass is 32.2. The summed E-state index contributed by atoms with van der Waals surface area (Å²) in [7, 11) is -1.60. The minimum absolute atomic E-state index is 0. The first kappa shape index (κ1) is 26.3. The molecule has 3 heterocycles. The van der Waals surface area contributed by atoms with Gasteiger partial charge < -0.3 is 14.2 Å². The van der Waals surface area contributed by atoms with Crippen molar-refractivity contribution < 1.29 is 22.6 Å². The fraction of sp³-hybridized carbons (Fsp3) is 0.435. The fourth-order valence-electron chi connectivity index (χ4n) is 3.62. The molecule has 0 N–H and O–H groups in total. The van der Waals surface area contributed by atoms with Crippen LogP contribution in [0.4, 0.5) is 0 Å². The Kier molecular flexibility index (Phi) is 8.14. The van der Waals surface area contributed by atoms with Crippen molar-refractivity contribution in [3.05, 3.63) is 48.3 Å². The lowest BCUT2D eigenvalue weighted by molar-refractivity contribution is -0.0252. The summed E-state index contributed by atoms with van der Waals surface area (Å²) in [5.41, 5.74) is 3.45. The van der Waals surface area contributed by atoms with Gasteiger partial charge in [0.05, 0.1) is 29.7 Å². The van der Waals surface area contributed by atoms with E-state index in [0.29, 0.717) is 35.8 Å². The lowest BCUT2D eigenvalue weighted by atomic mass is 9.96. The topological polar surface area (TPSA) is 104 Å². The normalized spacial score (nSPS) is 17.4. The fourth-order valence-corrected chi connectivity index (χ4v) is 4.46. The van der Waals surface area contributed by atoms with Crippen LogP contribution in [0.15, 0.2) is 42.7 Å². The second-order valence-corrected chi connectivity index (χ2v) is 10.4. The maximum absolute atomic E-state index is 11.9. The van der Waals surface area contributed by atoms with Gasteiger partial charge in [0.1, 0.15) is 12.7 Å². The molecule has 0 unspecified atom stereocenters. The number of methoxy groups -OCH3 is 1. The van der Waals surface area contributed by atoms with Crippen LogP contribution in [0.5, 0.6) is 5.88 Å². The van der Waals surface area contributed by atoms with Crippen LogP contribution in [0, 0.1) is 0 Å². The van der Waals surface area contributed by atoms with Crippen LogP contribution >= 0.6 is 13.5 Å². The maximum atomic E-state index is 11.9. The molecule has 1 fully saturated rings. The van der Waals surface area contributed by atoms with Crippen molar-refractivity contribution in [2.24, 2.45) is 0 Å². The Bertz CT molecular complexity index is 1240. The van der Waals surface area contributed by atoms with Gasteiger partial charge in [-0.2, -0.15) is 17.8 Å². The molecule has 1 aliphatic heterocycles. The summed E-state index contributed by atoms with van der Waals surface area (Å²) in [5.74, 6) is 0.331. The van der Waals surface area contributed by atoms with Crippen LogP contribution in [0.25, 0.3) is 22.3 Å². The van der Waals surface area contributed by atoms with E-state index in [1.54, 1.807) is 19.5 Å². The zero-order valence-electron chi connectivity index (χ0n) is 19.7. The number of rotatable bonds is 7. The molecular formula is C23H30N4O5S2. The summed E-state index contributed by atoms with van der Waals surface area (Å²) in [6, 6.07) is 9.86. The Hall–Kier alpha value is -2.31. The summed E-state index contributed by atoms with van der Waals surface area (Å²) < 4.78 is 42.4. The van der Waals surface area contributed by atoms with Crippen LogP contribution in [0.2, 0.25) is 0 Å². The number of sulfonamides is 1. The predicted molar refractivity (Wildman–Crippen MR) is 135 cm³/mol. The molecule has 2 aromatic heterocycles. The summed E-state index contributed by atoms with van der Waals surface area (Å²) in [6.07, 6.45) is 4.00. The first-order valence-corrected chi connectivity index (χ1v) is 12.5. The smallest absolute Gasteiger partial charge is 0.242 e. The lowest BCUT2D eigenvalue weighted by Gasteiger charge is -2.30. The zero-order chi connectivity index (χ0) is 23.6. The Balaban J connectivity index is 0.00000324. The molecule has 9 nitrogen and oxygen atoms in total. The highest BCUT2D eigenvalue weighted by Crippen LogP contribution is 2.30. The molecule has 1 saturated heterocycles. The first-order valence-electron chi connectivity index (χ1n) is 10.6. The largest absolute Gasteiger partial charge is 0.473 e. The van der Waals surface area contributed by atoms with Crippen molar-refractivity contribution in [1.82, 2.24) is 19.3 Å². The zero-order valence-corrected chi connectivity index (χ0v) is 21.5. The van der Waals surface area contributed by atoms with E-state index in [1.807, 2.05) is 44.2 Å². The average Bonchev–Trinajstić information content (AvgIpc) is 2.82. The van der Waals surface area contributed by atoms with Crippen molar-refractivity contribution >= 4 is 34.6 Å². The number of fused-ring (bicyclic) bond motifs is 1. The quantitative estimate of drug-likeness (QED) is 0.482. The minimum atomic E-state index is -3.28. The molecule has 1 aromatic carbocycles. The third-order valence-corrected chi connectivity index (χ3v) is 7.06. The first-order chi connectivity index (χ1) is 15.7. The van der Waals surface area contributed by atoms with Crippen molar-refractivity contribution in [2.45, 2.75) is 25.6 Å². The molecule has 0 bridgehead atoms.